The van der Waals surface area contributed by atoms with E-state index in [1.165, 1.54) is 7.11 Å². The minimum Gasteiger partial charge on any atom is -0.495 e. The summed E-state index contributed by atoms with van der Waals surface area (Å²) in [5.74, 6) is -2.05. The highest BCUT2D eigenvalue weighted by atomic mass is 19.4. The van der Waals surface area contributed by atoms with Crippen molar-refractivity contribution in [2.45, 2.75) is 25.9 Å². The van der Waals surface area contributed by atoms with Gasteiger partial charge in [-0.25, -0.2) is 0 Å². The lowest BCUT2D eigenvalue weighted by Crippen LogP contribution is -2.46. The van der Waals surface area contributed by atoms with Crippen LogP contribution in [0.15, 0.2) is 18.2 Å². The van der Waals surface area contributed by atoms with Gasteiger partial charge in [0, 0.05) is 19.0 Å². The monoisotopic (exact) mass is 344 g/mol. The second kappa shape index (κ2) is 7.11. The number of piperidine rings is 1. The lowest BCUT2D eigenvalue weighted by Gasteiger charge is -2.31. The molecule has 1 aromatic carbocycles. The fraction of sp³-hybridized carbons (Fsp3) is 0.500. The molecule has 1 aliphatic rings. The van der Waals surface area contributed by atoms with Gasteiger partial charge in [0.15, 0.2) is 0 Å². The van der Waals surface area contributed by atoms with Gasteiger partial charge >= 0.3 is 12.1 Å². The van der Waals surface area contributed by atoms with Crippen LogP contribution in [0.2, 0.25) is 0 Å². The van der Waals surface area contributed by atoms with E-state index in [2.05, 4.69) is 5.32 Å². The molecular weight excluding hydrogens is 325 g/mol. The van der Waals surface area contributed by atoms with Crippen molar-refractivity contribution >= 4 is 17.5 Å². The molecule has 24 heavy (non-hydrogen) atoms. The molecular formula is C16H19F3N2O3. The van der Waals surface area contributed by atoms with Crippen LogP contribution in [-0.2, 0) is 9.59 Å². The Hall–Kier alpha value is -2.25. The first-order valence-corrected chi connectivity index (χ1v) is 7.54. The standard InChI is InChI=1S/C16H19F3N2O3/c1-10-3-4-13(24-2)12(9-10)20-14(22)11-5-7-21(8-6-11)15(23)16(17,18)19/h3-4,9,11H,5-8H2,1-2H3,(H,20,22). The molecule has 132 valence electrons. The zero-order chi connectivity index (χ0) is 17.9. The number of ether oxygens (including phenoxy) is 1. The number of carbonyl (C=O) groups excluding carboxylic acids is 2. The Morgan fingerprint density at radius 3 is 2.42 bits per heavy atom. The molecule has 0 radical (unpaired) electrons. The quantitative estimate of drug-likeness (QED) is 0.917. The van der Waals surface area contributed by atoms with Gasteiger partial charge in [0.1, 0.15) is 5.75 Å². The summed E-state index contributed by atoms with van der Waals surface area (Å²) in [5.41, 5.74) is 1.47. The van der Waals surface area contributed by atoms with Crippen LogP contribution >= 0.6 is 0 Å². The number of hydrogen-bond donors (Lipinski definition) is 1. The Balaban J connectivity index is 1.96. The van der Waals surface area contributed by atoms with Crippen molar-refractivity contribution in [3.8, 4) is 5.75 Å². The van der Waals surface area contributed by atoms with Crippen molar-refractivity contribution in [3.63, 3.8) is 0 Å². The fourth-order valence-corrected chi connectivity index (χ4v) is 2.68. The molecule has 0 aromatic heterocycles. The summed E-state index contributed by atoms with van der Waals surface area (Å²) in [7, 11) is 1.49. The van der Waals surface area contributed by atoms with Crippen molar-refractivity contribution in [3.05, 3.63) is 23.8 Å². The predicted octanol–water partition coefficient (Wildman–Crippen LogP) is 2.74. The zero-order valence-electron chi connectivity index (χ0n) is 13.4. The maximum Gasteiger partial charge on any atom is 0.471 e. The first-order valence-electron chi connectivity index (χ1n) is 7.54. The summed E-state index contributed by atoms with van der Waals surface area (Å²) >= 11 is 0. The van der Waals surface area contributed by atoms with Crippen LogP contribution in [0.5, 0.6) is 5.75 Å². The number of alkyl halides is 3. The van der Waals surface area contributed by atoms with Crippen LogP contribution in [0, 0.1) is 12.8 Å². The number of carbonyl (C=O) groups is 2. The van der Waals surface area contributed by atoms with E-state index in [0.29, 0.717) is 11.4 Å². The number of amides is 2. The Bertz CT molecular complexity index is 623. The molecule has 0 saturated carbocycles. The molecule has 1 saturated heterocycles. The van der Waals surface area contributed by atoms with Gasteiger partial charge in [-0.05, 0) is 37.5 Å². The largest absolute Gasteiger partial charge is 0.495 e. The Morgan fingerprint density at radius 2 is 1.88 bits per heavy atom. The SMILES string of the molecule is COc1ccc(C)cc1NC(=O)C1CCN(C(=O)C(F)(F)F)CC1. The molecule has 1 aliphatic heterocycles. The van der Waals surface area contributed by atoms with Gasteiger partial charge in [-0.3, -0.25) is 9.59 Å². The van der Waals surface area contributed by atoms with Crippen LogP contribution in [0.25, 0.3) is 0 Å². The lowest BCUT2D eigenvalue weighted by atomic mass is 9.95. The third-order valence-electron chi connectivity index (χ3n) is 4.01. The van der Waals surface area contributed by atoms with E-state index in [1.54, 1.807) is 12.1 Å². The Kier molecular flexibility index (Phi) is 5.36. The number of halogens is 3. The molecule has 1 heterocycles. The number of benzene rings is 1. The predicted molar refractivity (Wildman–Crippen MR) is 81.7 cm³/mol. The number of aryl methyl sites for hydroxylation is 1. The van der Waals surface area contributed by atoms with Crippen molar-refractivity contribution < 1.29 is 27.5 Å². The summed E-state index contributed by atoms with van der Waals surface area (Å²) in [6, 6.07) is 5.34. The molecule has 1 fully saturated rings. The van der Waals surface area contributed by atoms with Gasteiger partial charge in [-0.2, -0.15) is 13.2 Å². The topological polar surface area (TPSA) is 58.6 Å². The number of nitrogens with zero attached hydrogens (tertiary/aromatic N) is 1. The molecule has 0 aliphatic carbocycles. The summed E-state index contributed by atoms with van der Waals surface area (Å²) in [6.07, 6.45) is -4.48. The highest BCUT2D eigenvalue weighted by Gasteiger charge is 2.43. The zero-order valence-corrected chi connectivity index (χ0v) is 13.4. The minimum atomic E-state index is -4.87. The number of hydrogen-bond acceptors (Lipinski definition) is 3. The minimum absolute atomic E-state index is 0.0820. The number of rotatable bonds is 3. The number of anilines is 1. The maximum absolute atomic E-state index is 12.4. The van der Waals surface area contributed by atoms with E-state index in [4.69, 9.17) is 4.74 Å². The Labute approximate surface area is 137 Å². The van der Waals surface area contributed by atoms with Crippen LogP contribution in [0.1, 0.15) is 18.4 Å². The van der Waals surface area contributed by atoms with Crippen LogP contribution in [0.3, 0.4) is 0 Å². The molecule has 1 N–H and O–H groups in total. The fourth-order valence-electron chi connectivity index (χ4n) is 2.68. The lowest BCUT2D eigenvalue weighted by molar-refractivity contribution is -0.186. The maximum atomic E-state index is 12.4. The summed E-state index contributed by atoms with van der Waals surface area (Å²) in [6.45, 7) is 1.71. The molecule has 0 atom stereocenters. The molecule has 2 amide bonds. The van der Waals surface area contributed by atoms with Crippen molar-refractivity contribution in [1.29, 1.82) is 0 Å². The molecule has 0 unspecified atom stereocenters. The third kappa shape index (κ3) is 4.18. The first kappa shape index (κ1) is 18.1. The van der Waals surface area contributed by atoms with Crippen molar-refractivity contribution in [2.24, 2.45) is 5.92 Å². The van der Waals surface area contributed by atoms with Gasteiger partial charge in [-0.15, -0.1) is 0 Å². The van der Waals surface area contributed by atoms with Gasteiger partial charge in [0.25, 0.3) is 0 Å². The van der Waals surface area contributed by atoms with E-state index in [-0.39, 0.29) is 31.8 Å². The average Bonchev–Trinajstić information content (AvgIpc) is 2.53. The highest BCUT2D eigenvalue weighted by molar-refractivity contribution is 5.94. The van der Waals surface area contributed by atoms with E-state index in [1.807, 2.05) is 13.0 Å². The van der Waals surface area contributed by atoms with Crippen LogP contribution in [0.4, 0.5) is 18.9 Å². The molecule has 0 spiro atoms. The summed E-state index contributed by atoms with van der Waals surface area (Å²) in [4.78, 5) is 24.3. The number of likely N-dealkylation sites (tertiary alicyclic amines) is 1. The number of methoxy groups -OCH3 is 1. The normalized spacial score (nSPS) is 16.0. The second-order valence-corrected chi connectivity index (χ2v) is 5.76. The second-order valence-electron chi connectivity index (χ2n) is 5.76. The summed E-state index contributed by atoms with van der Waals surface area (Å²) in [5, 5.41) is 2.76. The molecule has 8 heteroatoms. The van der Waals surface area contributed by atoms with Crippen molar-refractivity contribution in [1.82, 2.24) is 4.90 Å². The van der Waals surface area contributed by atoms with Gasteiger partial charge in [0.2, 0.25) is 5.91 Å². The molecule has 0 bridgehead atoms. The molecule has 2 rings (SSSR count). The van der Waals surface area contributed by atoms with Crippen LogP contribution in [-0.4, -0.2) is 43.1 Å². The molecule has 5 nitrogen and oxygen atoms in total. The molecule has 1 aromatic rings. The van der Waals surface area contributed by atoms with Gasteiger partial charge < -0.3 is 15.0 Å². The number of nitrogens with one attached hydrogen (secondary N) is 1. The van der Waals surface area contributed by atoms with Gasteiger partial charge in [-0.1, -0.05) is 6.07 Å². The van der Waals surface area contributed by atoms with E-state index >= 15 is 0 Å². The van der Waals surface area contributed by atoms with Crippen LogP contribution < -0.4 is 10.1 Å². The van der Waals surface area contributed by atoms with E-state index in [9.17, 15) is 22.8 Å². The van der Waals surface area contributed by atoms with E-state index in [0.717, 1.165) is 10.5 Å². The highest BCUT2D eigenvalue weighted by Crippen LogP contribution is 2.28. The third-order valence-corrected chi connectivity index (χ3v) is 4.01. The Morgan fingerprint density at radius 1 is 1.25 bits per heavy atom. The van der Waals surface area contributed by atoms with E-state index < -0.39 is 18.0 Å². The smallest absolute Gasteiger partial charge is 0.471 e. The first-order chi connectivity index (χ1) is 11.2. The average molecular weight is 344 g/mol. The van der Waals surface area contributed by atoms with Gasteiger partial charge in [0.05, 0.1) is 12.8 Å². The van der Waals surface area contributed by atoms with Crippen molar-refractivity contribution in [2.75, 3.05) is 25.5 Å². The summed E-state index contributed by atoms with van der Waals surface area (Å²) < 4.78 is 42.4.